The number of aliphatic carboxylic acids is 1. The molecular formula is C16H28N2O3. The average Bonchev–Trinajstić information content (AvgIpc) is 2.47. The van der Waals surface area contributed by atoms with Crippen molar-refractivity contribution in [3.05, 3.63) is 0 Å². The Morgan fingerprint density at radius 1 is 1.00 bits per heavy atom. The second kappa shape index (κ2) is 7.66. The van der Waals surface area contributed by atoms with Gasteiger partial charge in [0.05, 0.1) is 6.42 Å². The van der Waals surface area contributed by atoms with Crippen LogP contribution in [-0.2, 0) is 4.79 Å². The van der Waals surface area contributed by atoms with E-state index in [0.717, 1.165) is 51.5 Å². The molecule has 5 heteroatoms. The molecule has 0 aromatic carbocycles. The molecule has 2 unspecified atom stereocenters. The minimum absolute atomic E-state index is 0.0814. The zero-order valence-electron chi connectivity index (χ0n) is 13.1. The molecule has 2 amide bonds. The van der Waals surface area contributed by atoms with Crippen LogP contribution in [0.5, 0.6) is 0 Å². The minimum atomic E-state index is -0.802. The standard InChI is InChI=1S/C16H28N2O3/c1-2-7-13-8-3-5-10-17(13)16(21)18-11-6-4-9-14(18)12-15(19)20/h13-14H,2-12H2,1H3,(H,19,20). The van der Waals surface area contributed by atoms with E-state index in [4.69, 9.17) is 5.11 Å². The zero-order chi connectivity index (χ0) is 15.2. The van der Waals surface area contributed by atoms with Gasteiger partial charge in [-0.2, -0.15) is 0 Å². The van der Waals surface area contributed by atoms with Gasteiger partial charge >= 0.3 is 12.0 Å². The topological polar surface area (TPSA) is 60.9 Å². The van der Waals surface area contributed by atoms with Crippen molar-refractivity contribution in [1.29, 1.82) is 0 Å². The van der Waals surface area contributed by atoms with Gasteiger partial charge in [-0.05, 0) is 44.9 Å². The van der Waals surface area contributed by atoms with Crippen LogP contribution in [0, 0.1) is 0 Å². The van der Waals surface area contributed by atoms with Crippen molar-refractivity contribution in [2.24, 2.45) is 0 Å². The van der Waals surface area contributed by atoms with E-state index in [2.05, 4.69) is 6.92 Å². The number of carboxylic acid groups (broad SMARTS) is 1. The van der Waals surface area contributed by atoms with Gasteiger partial charge < -0.3 is 14.9 Å². The number of carbonyl (C=O) groups excluding carboxylic acids is 1. The molecule has 0 radical (unpaired) electrons. The molecule has 21 heavy (non-hydrogen) atoms. The maximum Gasteiger partial charge on any atom is 0.320 e. The highest BCUT2D eigenvalue weighted by molar-refractivity contribution is 5.76. The van der Waals surface area contributed by atoms with Crippen LogP contribution in [0.1, 0.15) is 64.7 Å². The SMILES string of the molecule is CCCC1CCCCN1C(=O)N1CCCCC1CC(=O)O. The molecular weight excluding hydrogens is 268 g/mol. The Kier molecular flexibility index (Phi) is 5.88. The predicted molar refractivity (Wildman–Crippen MR) is 81.2 cm³/mol. The second-order valence-electron chi connectivity index (χ2n) is 6.36. The van der Waals surface area contributed by atoms with Crippen LogP contribution in [0.4, 0.5) is 4.79 Å². The summed E-state index contributed by atoms with van der Waals surface area (Å²) in [6, 6.07) is 0.315. The van der Waals surface area contributed by atoms with E-state index in [-0.39, 0.29) is 18.5 Å². The summed E-state index contributed by atoms with van der Waals surface area (Å²) in [7, 11) is 0. The van der Waals surface area contributed by atoms with Crippen LogP contribution < -0.4 is 0 Å². The van der Waals surface area contributed by atoms with E-state index in [1.807, 2.05) is 9.80 Å². The van der Waals surface area contributed by atoms with Crippen LogP contribution in [-0.4, -0.2) is 52.1 Å². The number of carboxylic acids is 1. The molecule has 2 aliphatic heterocycles. The molecule has 0 saturated carbocycles. The molecule has 2 aliphatic rings. The van der Waals surface area contributed by atoms with Crippen LogP contribution in [0.15, 0.2) is 0 Å². The Balaban J connectivity index is 2.05. The summed E-state index contributed by atoms with van der Waals surface area (Å²) < 4.78 is 0. The normalized spacial score (nSPS) is 26.7. The third-order valence-electron chi connectivity index (χ3n) is 4.78. The summed E-state index contributed by atoms with van der Waals surface area (Å²) in [5, 5.41) is 9.06. The Labute approximate surface area is 127 Å². The molecule has 0 aromatic rings. The first-order chi connectivity index (χ1) is 10.1. The lowest BCUT2D eigenvalue weighted by molar-refractivity contribution is -0.138. The molecule has 120 valence electrons. The number of hydrogen-bond acceptors (Lipinski definition) is 2. The van der Waals surface area contributed by atoms with Gasteiger partial charge in [-0.3, -0.25) is 4.79 Å². The van der Waals surface area contributed by atoms with Crippen molar-refractivity contribution in [2.75, 3.05) is 13.1 Å². The van der Waals surface area contributed by atoms with E-state index in [9.17, 15) is 9.59 Å². The highest BCUT2D eigenvalue weighted by Gasteiger charge is 2.34. The number of amides is 2. The summed E-state index contributed by atoms with van der Waals surface area (Å²) in [4.78, 5) is 27.8. The maximum atomic E-state index is 12.9. The van der Waals surface area contributed by atoms with Gasteiger partial charge in [0.1, 0.15) is 0 Å². The van der Waals surface area contributed by atoms with Crippen molar-refractivity contribution in [3.63, 3.8) is 0 Å². The molecule has 0 aromatic heterocycles. The summed E-state index contributed by atoms with van der Waals surface area (Å²) in [5.41, 5.74) is 0. The van der Waals surface area contributed by atoms with Gasteiger partial charge in [-0.1, -0.05) is 13.3 Å². The second-order valence-corrected chi connectivity index (χ2v) is 6.36. The van der Waals surface area contributed by atoms with Crippen LogP contribution in [0.3, 0.4) is 0 Å². The van der Waals surface area contributed by atoms with Crippen molar-refractivity contribution < 1.29 is 14.7 Å². The first-order valence-electron chi connectivity index (χ1n) is 8.42. The van der Waals surface area contributed by atoms with E-state index < -0.39 is 5.97 Å². The van der Waals surface area contributed by atoms with Gasteiger partial charge in [0.2, 0.25) is 0 Å². The predicted octanol–water partition coefficient (Wildman–Crippen LogP) is 3.09. The molecule has 0 spiro atoms. The molecule has 1 N–H and O–H groups in total. The molecule has 0 bridgehead atoms. The number of piperidine rings is 2. The van der Waals surface area contributed by atoms with E-state index in [0.29, 0.717) is 12.6 Å². The Hall–Kier alpha value is -1.26. The van der Waals surface area contributed by atoms with Gasteiger partial charge in [0, 0.05) is 25.2 Å². The van der Waals surface area contributed by atoms with Crippen LogP contribution in [0.25, 0.3) is 0 Å². The molecule has 2 heterocycles. The molecule has 2 rings (SSSR count). The Morgan fingerprint density at radius 3 is 2.14 bits per heavy atom. The Bertz CT molecular complexity index is 371. The lowest BCUT2D eigenvalue weighted by Gasteiger charge is -2.43. The summed E-state index contributed by atoms with van der Waals surface area (Å²) >= 11 is 0. The molecule has 2 saturated heterocycles. The maximum absolute atomic E-state index is 12.9. The third-order valence-corrected chi connectivity index (χ3v) is 4.78. The fraction of sp³-hybridized carbons (Fsp3) is 0.875. The van der Waals surface area contributed by atoms with Gasteiger partial charge in [0.15, 0.2) is 0 Å². The van der Waals surface area contributed by atoms with Gasteiger partial charge in [-0.15, -0.1) is 0 Å². The fourth-order valence-electron chi connectivity index (χ4n) is 3.72. The molecule has 2 atom stereocenters. The number of rotatable bonds is 4. The first kappa shape index (κ1) is 16.1. The van der Waals surface area contributed by atoms with Crippen molar-refractivity contribution in [2.45, 2.75) is 76.8 Å². The number of nitrogens with zero attached hydrogens (tertiary/aromatic N) is 2. The Morgan fingerprint density at radius 2 is 1.57 bits per heavy atom. The molecule has 5 nitrogen and oxygen atoms in total. The van der Waals surface area contributed by atoms with Crippen LogP contribution in [0.2, 0.25) is 0 Å². The lowest BCUT2D eigenvalue weighted by Crippen LogP contribution is -2.55. The number of carbonyl (C=O) groups is 2. The van der Waals surface area contributed by atoms with Gasteiger partial charge in [-0.25, -0.2) is 4.79 Å². The third kappa shape index (κ3) is 4.11. The van der Waals surface area contributed by atoms with Crippen molar-refractivity contribution in [3.8, 4) is 0 Å². The highest BCUT2D eigenvalue weighted by Crippen LogP contribution is 2.26. The van der Waals surface area contributed by atoms with E-state index >= 15 is 0 Å². The van der Waals surface area contributed by atoms with E-state index in [1.165, 1.54) is 6.42 Å². The summed E-state index contributed by atoms with van der Waals surface area (Å²) in [6.07, 6.45) is 8.44. The lowest BCUT2D eigenvalue weighted by atomic mass is 9.97. The van der Waals surface area contributed by atoms with Crippen molar-refractivity contribution >= 4 is 12.0 Å². The minimum Gasteiger partial charge on any atom is -0.481 e. The monoisotopic (exact) mass is 296 g/mol. The van der Waals surface area contributed by atoms with E-state index in [1.54, 1.807) is 0 Å². The van der Waals surface area contributed by atoms with Gasteiger partial charge in [0.25, 0.3) is 0 Å². The summed E-state index contributed by atoms with van der Waals surface area (Å²) in [6.45, 7) is 3.71. The molecule has 2 fully saturated rings. The number of hydrogen-bond donors (Lipinski definition) is 1. The molecule has 0 aliphatic carbocycles. The smallest absolute Gasteiger partial charge is 0.320 e. The number of likely N-dealkylation sites (tertiary alicyclic amines) is 2. The first-order valence-corrected chi connectivity index (χ1v) is 8.42. The largest absolute Gasteiger partial charge is 0.481 e. The zero-order valence-corrected chi connectivity index (χ0v) is 13.1. The van der Waals surface area contributed by atoms with Crippen molar-refractivity contribution in [1.82, 2.24) is 9.80 Å². The highest BCUT2D eigenvalue weighted by atomic mass is 16.4. The summed E-state index contributed by atoms with van der Waals surface area (Å²) in [5.74, 6) is -0.802. The number of urea groups is 1. The quantitative estimate of drug-likeness (QED) is 0.867. The van der Waals surface area contributed by atoms with Crippen LogP contribution >= 0.6 is 0 Å². The fourth-order valence-corrected chi connectivity index (χ4v) is 3.72. The average molecular weight is 296 g/mol.